The molecule has 18 heavy (non-hydrogen) atoms. The van der Waals surface area contributed by atoms with Crippen LogP contribution in [0.25, 0.3) is 0 Å². The van der Waals surface area contributed by atoms with E-state index < -0.39 is 0 Å². The Hall–Kier alpha value is -1.55. The van der Waals surface area contributed by atoms with Gasteiger partial charge in [-0.3, -0.25) is 4.79 Å². The maximum absolute atomic E-state index is 11.4. The molecule has 1 fully saturated rings. The molecule has 1 aromatic carbocycles. The van der Waals surface area contributed by atoms with E-state index >= 15 is 0 Å². The summed E-state index contributed by atoms with van der Waals surface area (Å²) in [6.07, 6.45) is 1.15. The van der Waals surface area contributed by atoms with Crippen LogP contribution in [0.4, 0.5) is 5.69 Å². The maximum Gasteiger partial charge on any atom is 0.233 e. The van der Waals surface area contributed by atoms with E-state index in [0.29, 0.717) is 12.5 Å². The Morgan fingerprint density at radius 2 is 2.17 bits per heavy atom. The first-order valence-electron chi connectivity index (χ1n) is 6.51. The van der Waals surface area contributed by atoms with E-state index in [1.807, 2.05) is 6.07 Å². The first kappa shape index (κ1) is 12.9. The minimum absolute atomic E-state index is 0.0793. The lowest BCUT2D eigenvalue weighted by Crippen LogP contribution is -2.36. The lowest BCUT2D eigenvalue weighted by Gasteiger charge is -2.18. The van der Waals surface area contributed by atoms with E-state index in [0.717, 1.165) is 26.1 Å². The van der Waals surface area contributed by atoms with E-state index in [1.54, 1.807) is 7.05 Å². The number of rotatable bonds is 5. The molecule has 4 nitrogen and oxygen atoms in total. The van der Waals surface area contributed by atoms with Crippen LogP contribution >= 0.6 is 0 Å². The van der Waals surface area contributed by atoms with Crippen LogP contribution in [-0.2, 0) is 4.79 Å². The number of hydrogen-bond acceptors (Lipinski definition) is 3. The van der Waals surface area contributed by atoms with Gasteiger partial charge in [-0.2, -0.15) is 0 Å². The van der Waals surface area contributed by atoms with E-state index in [-0.39, 0.29) is 5.91 Å². The molecule has 0 saturated carbocycles. The molecule has 4 heteroatoms. The fourth-order valence-corrected chi connectivity index (χ4v) is 2.35. The summed E-state index contributed by atoms with van der Waals surface area (Å²) in [4.78, 5) is 13.7. The average molecular weight is 247 g/mol. The highest BCUT2D eigenvalue weighted by molar-refractivity contribution is 5.77. The quantitative estimate of drug-likeness (QED) is 0.811. The third-order valence-electron chi connectivity index (χ3n) is 3.33. The Morgan fingerprint density at radius 1 is 1.39 bits per heavy atom. The van der Waals surface area contributed by atoms with Crippen molar-refractivity contribution in [3.63, 3.8) is 0 Å². The summed E-state index contributed by atoms with van der Waals surface area (Å²) in [7, 11) is 1.78. The van der Waals surface area contributed by atoms with Crippen LogP contribution in [0.2, 0.25) is 0 Å². The van der Waals surface area contributed by atoms with E-state index in [2.05, 4.69) is 39.8 Å². The van der Waals surface area contributed by atoms with Crippen molar-refractivity contribution < 1.29 is 4.79 Å². The van der Waals surface area contributed by atoms with Crippen LogP contribution in [0, 0.1) is 5.92 Å². The molecule has 1 atom stereocenters. The molecule has 0 radical (unpaired) electrons. The van der Waals surface area contributed by atoms with Crippen LogP contribution < -0.4 is 15.5 Å². The molecule has 1 aliphatic heterocycles. The Labute approximate surface area is 108 Å². The number of carbonyl (C=O) groups excluding carboxylic acids is 1. The number of nitrogens with one attached hydrogen (secondary N) is 2. The van der Waals surface area contributed by atoms with E-state index in [4.69, 9.17) is 0 Å². The van der Waals surface area contributed by atoms with Gasteiger partial charge in [-0.15, -0.1) is 0 Å². The van der Waals surface area contributed by atoms with E-state index in [9.17, 15) is 4.79 Å². The lowest BCUT2D eigenvalue weighted by atomic mass is 10.1. The summed E-state index contributed by atoms with van der Waals surface area (Å²) in [6, 6.07) is 10.5. The minimum atomic E-state index is 0.0793. The normalized spacial score (nSPS) is 18.9. The molecule has 1 aromatic rings. The number of hydrogen-bond donors (Lipinski definition) is 2. The zero-order valence-corrected chi connectivity index (χ0v) is 10.9. The molecule has 1 saturated heterocycles. The minimum Gasteiger partial charge on any atom is -0.371 e. The summed E-state index contributed by atoms with van der Waals surface area (Å²) < 4.78 is 0. The van der Waals surface area contributed by atoms with Gasteiger partial charge in [-0.05, 0) is 31.5 Å². The summed E-state index contributed by atoms with van der Waals surface area (Å²) in [5.74, 6) is 0.640. The fraction of sp³-hybridized carbons (Fsp3) is 0.500. The molecule has 1 unspecified atom stereocenters. The van der Waals surface area contributed by atoms with Gasteiger partial charge in [0, 0.05) is 25.3 Å². The largest absolute Gasteiger partial charge is 0.371 e. The van der Waals surface area contributed by atoms with Crippen LogP contribution in [0.3, 0.4) is 0 Å². The molecular formula is C14H21N3O. The molecular weight excluding hydrogens is 226 g/mol. The smallest absolute Gasteiger partial charge is 0.233 e. The number of carbonyl (C=O) groups is 1. The molecule has 1 aliphatic rings. The van der Waals surface area contributed by atoms with Crippen molar-refractivity contribution in [2.75, 3.05) is 38.1 Å². The van der Waals surface area contributed by atoms with Crippen LogP contribution in [0.5, 0.6) is 0 Å². The zero-order chi connectivity index (χ0) is 12.8. The highest BCUT2D eigenvalue weighted by Crippen LogP contribution is 2.22. The second kappa shape index (κ2) is 6.40. The van der Waals surface area contributed by atoms with Crippen molar-refractivity contribution in [1.29, 1.82) is 0 Å². The topological polar surface area (TPSA) is 44.4 Å². The predicted octanol–water partition coefficient (Wildman–Crippen LogP) is 0.848. The SMILES string of the molecule is CNCC(=O)NCC1CCN(c2ccccc2)C1. The molecule has 1 heterocycles. The van der Waals surface area contributed by atoms with Crippen molar-refractivity contribution in [2.45, 2.75) is 6.42 Å². The van der Waals surface area contributed by atoms with Crippen LogP contribution in [0.1, 0.15) is 6.42 Å². The molecule has 2 N–H and O–H groups in total. The summed E-state index contributed by atoms with van der Waals surface area (Å²) in [6.45, 7) is 3.29. The lowest BCUT2D eigenvalue weighted by molar-refractivity contribution is -0.120. The molecule has 0 aromatic heterocycles. The van der Waals surface area contributed by atoms with Gasteiger partial charge in [0.05, 0.1) is 6.54 Å². The van der Waals surface area contributed by atoms with E-state index in [1.165, 1.54) is 5.69 Å². The van der Waals surface area contributed by atoms with Crippen molar-refractivity contribution >= 4 is 11.6 Å². The summed E-state index contributed by atoms with van der Waals surface area (Å²) in [5, 5.41) is 5.82. The predicted molar refractivity (Wildman–Crippen MR) is 73.7 cm³/mol. The van der Waals surface area contributed by atoms with Gasteiger partial charge in [0.25, 0.3) is 0 Å². The molecule has 0 spiro atoms. The first-order valence-corrected chi connectivity index (χ1v) is 6.51. The van der Waals surface area contributed by atoms with Gasteiger partial charge in [0.1, 0.15) is 0 Å². The second-order valence-electron chi connectivity index (χ2n) is 4.77. The third kappa shape index (κ3) is 3.47. The monoisotopic (exact) mass is 247 g/mol. The third-order valence-corrected chi connectivity index (χ3v) is 3.33. The van der Waals surface area contributed by atoms with Crippen molar-refractivity contribution in [2.24, 2.45) is 5.92 Å². The Bertz CT molecular complexity index is 380. The summed E-state index contributed by atoms with van der Waals surface area (Å²) in [5.41, 5.74) is 1.28. The highest BCUT2D eigenvalue weighted by atomic mass is 16.1. The molecule has 98 valence electrons. The van der Waals surface area contributed by atoms with Gasteiger partial charge in [-0.25, -0.2) is 0 Å². The Balaban J connectivity index is 1.77. The summed E-state index contributed by atoms with van der Waals surface area (Å²) >= 11 is 0. The zero-order valence-electron chi connectivity index (χ0n) is 10.9. The van der Waals surface area contributed by atoms with Crippen LogP contribution in [0.15, 0.2) is 30.3 Å². The number of likely N-dealkylation sites (N-methyl/N-ethyl adjacent to an activating group) is 1. The van der Waals surface area contributed by atoms with Gasteiger partial charge >= 0.3 is 0 Å². The van der Waals surface area contributed by atoms with Gasteiger partial charge in [0.2, 0.25) is 5.91 Å². The van der Waals surface area contributed by atoms with Gasteiger partial charge in [-0.1, -0.05) is 18.2 Å². The van der Waals surface area contributed by atoms with Crippen LogP contribution in [-0.4, -0.2) is 39.1 Å². The first-order chi connectivity index (χ1) is 8.79. The molecule has 2 rings (SSSR count). The fourth-order valence-electron chi connectivity index (χ4n) is 2.35. The standard InChI is InChI=1S/C14H21N3O/c1-15-10-14(18)16-9-12-7-8-17(11-12)13-5-3-2-4-6-13/h2-6,12,15H,7-11H2,1H3,(H,16,18). The number of amides is 1. The molecule has 0 aliphatic carbocycles. The Kier molecular flexibility index (Phi) is 4.59. The highest BCUT2D eigenvalue weighted by Gasteiger charge is 2.22. The van der Waals surface area contributed by atoms with Crippen molar-refractivity contribution in [3.05, 3.63) is 30.3 Å². The van der Waals surface area contributed by atoms with Gasteiger partial charge in [0.15, 0.2) is 0 Å². The molecule has 0 bridgehead atoms. The molecule has 1 amide bonds. The maximum atomic E-state index is 11.4. The second-order valence-corrected chi connectivity index (χ2v) is 4.77. The number of para-hydroxylation sites is 1. The van der Waals surface area contributed by atoms with Crippen molar-refractivity contribution in [3.8, 4) is 0 Å². The number of anilines is 1. The average Bonchev–Trinajstić information content (AvgIpc) is 2.87. The Morgan fingerprint density at radius 3 is 2.89 bits per heavy atom. The van der Waals surface area contributed by atoms with Crippen molar-refractivity contribution in [1.82, 2.24) is 10.6 Å². The number of nitrogens with zero attached hydrogens (tertiary/aromatic N) is 1. The number of benzene rings is 1. The van der Waals surface area contributed by atoms with Gasteiger partial charge < -0.3 is 15.5 Å².